The van der Waals surface area contributed by atoms with Crippen LogP contribution >= 0.6 is 24.8 Å². The molecule has 1 heterocycles. The molecular weight excluding hydrogens is 437 g/mol. The Morgan fingerprint density at radius 3 is 2.16 bits per heavy atom. The normalized spacial score (nSPS) is 14.1. The van der Waals surface area contributed by atoms with Crippen molar-refractivity contribution in [3.05, 3.63) is 65.7 Å². The number of rotatable bonds is 8. The Balaban J connectivity index is 0.00000240. The summed E-state index contributed by atoms with van der Waals surface area (Å²) in [5, 5.41) is 5.62. The number of anilines is 1. The summed E-state index contributed by atoms with van der Waals surface area (Å²) in [7, 11) is 0. The molecule has 0 unspecified atom stereocenters. The first-order valence-electron chi connectivity index (χ1n) is 10.0. The van der Waals surface area contributed by atoms with Gasteiger partial charge in [-0.25, -0.2) is 0 Å². The minimum absolute atomic E-state index is 0. The van der Waals surface area contributed by atoms with E-state index >= 15 is 0 Å². The second kappa shape index (κ2) is 14.0. The van der Waals surface area contributed by atoms with Gasteiger partial charge in [-0.15, -0.1) is 24.8 Å². The van der Waals surface area contributed by atoms with Crippen molar-refractivity contribution in [2.75, 3.05) is 51.1 Å². The summed E-state index contributed by atoms with van der Waals surface area (Å²) in [5.74, 6) is -0.346. The van der Waals surface area contributed by atoms with Crippen LogP contribution in [0.5, 0.6) is 0 Å². The SMILES string of the molecule is Cl.Cl.NCCNC(=O)c1ccccc1NC(=O)CN1CCN(Cc2ccccc2)CC1. The number of nitrogens with one attached hydrogen (secondary N) is 2. The standard InChI is InChI=1S/C22H29N5O2.2ClH/c23-10-11-24-22(29)19-8-4-5-9-20(19)25-21(28)17-27-14-12-26(13-15-27)16-18-6-2-1-3-7-18;;/h1-9H,10-17,23H2,(H,24,29)(H,25,28);2*1H. The molecule has 1 aliphatic rings. The van der Waals surface area contributed by atoms with Crippen LogP contribution in [0.4, 0.5) is 5.69 Å². The minimum atomic E-state index is -0.235. The number of nitrogens with two attached hydrogens (primary N) is 1. The number of hydrogen-bond acceptors (Lipinski definition) is 5. The number of hydrogen-bond donors (Lipinski definition) is 3. The molecule has 2 aromatic rings. The molecule has 0 saturated carbocycles. The van der Waals surface area contributed by atoms with Gasteiger partial charge in [0.25, 0.3) is 5.91 Å². The average Bonchev–Trinajstić information content (AvgIpc) is 2.74. The van der Waals surface area contributed by atoms with Crippen molar-refractivity contribution in [3.8, 4) is 0 Å². The van der Waals surface area contributed by atoms with E-state index in [1.807, 2.05) is 6.07 Å². The molecule has 0 atom stereocenters. The molecule has 2 amide bonds. The molecule has 4 N–H and O–H groups in total. The van der Waals surface area contributed by atoms with E-state index in [0.29, 0.717) is 30.9 Å². The molecule has 1 aliphatic heterocycles. The number of halogens is 2. The quantitative estimate of drug-likeness (QED) is 0.551. The Bertz CT molecular complexity index is 815. The zero-order chi connectivity index (χ0) is 20.5. The third-order valence-corrected chi connectivity index (χ3v) is 4.96. The lowest BCUT2D eigenvalue weighted by Crippen LogP contribution is -2.48. The Hall–Kier alpha value is -2.16. The lowest BCUT2D eigenvalue weighted by Gasteiger charge is -2.34. The summed E-state index contributed by atoms with van der Waals surface area (Å²) < 4.78 is 0. The van der Waals surface area contributed by atoms with Crippen LogP contribution in [-0.4, -0.2) is 67.4 Å². The molecule has 0 aromatic heterocycles. The number of para-hydroxylation sites is 1. The van der Waals surface area contributed by atoms with Crippen molar-refractivity contribution in [1.29, 1.82) is 0 Å². The van der Waals surface area contributed by atoms with Crippen LogP contribution in [0.2, 0.25) is 0 Å². The maximum absolute atomic E-state index is 12.5. The van der Waals surface area contributed by atoms with E-state index in [1.165, 1.54) is 5.56 Å². The number of amides is 2. The van der Waals surface area contributed by atoms with Crippen molar-refractivity contribution in [2.24, 2.45) is 5.73 Å². The summed E-state index contributed by atoms with van der Waals surface area (Å²) in [4.78, 5) is 29.3. The van der Waals surface area contributed by atoms with Crippen LogP contribution < -0.4 is 16.4 Å². The van der Waals surface area contributed by atoms with Crippen LogP contribution in [-0.2, 0) is 11.3 Å². The van der Waals surface area contributed by atoms with Crippen molar-refractivity contribution >= 4 is 42.3 Å². The number of benzene rings is 2. The van der Waals surface area contributed by atoms with Crippen LogP contribution in [0.1, 0.15) is 15.9 Å². The van der Waals surface area contributed by atoms with Crippen LogP contribution in [0.15, 0.2) is 54.6 Å². The predicted octanol–water partition coefficient (Wildman–Crippen LogP) is 1.97. The molecule has 9 heteroatoms. The molecular formula is C22H31Cl2N5O2. The van der Waals surface area contributed by atoms with Crippen LogP contribution in [0, 0.1) is 0 Å². The highest BCUT2D eigenvalue weighted by Crippen LogP contribution is 2.15. The van der Waals surface area contributed by atoms with Gasteiger partial charge in [-0.1, -0.05) is 42.5 Å². The largest absolute Gasteiger partial charge is 0.351 e. The number of nitrogens with zero attached hydrogens (tertiary/aromatic N) is 2. The van der Waals surface area contributed by atoms with E-state index in [2.05, 4.69) is 44.7 Å². The summed E-state index contributed by atoms with van der Waals surface area (Å²) >= 11 is 0. The van der Waals surface area contributed by atoms with E-state index < -0.39 is 0 Å². The van der Waals surface area contributed by atoms with Crippen LogP contribution in [0.25, 0.3) is 0 Å². The second-order valence-corrected chi connectivity index (χ2v) is 7.18. The van der Waals surface area contributed by atoms with Crippen molar-refractivity contribution in [1.82, 2.24) is 15.1 Å². The van der Waals surface area contributed by atoms with Gasteiger partial charge in [0.2, 0.25) is 5.91 Å². The van der Waals surface area contributed by atoms with Gasteiger partial charge < -0.3 is 16.4 Å². The zero-order valence-corrected chi connectivity index (χ0v) is 19.1. The topological polar surface area (TPSA) is 90.7 Å². The van der Waals surface area contributed by atoms with E-state index in [0.717, 1.165) is 32.7 Å². The third kappa shape index (κ3) is 8.47. The first-order valence-corrected chi connectivity index (χ1v) is 10.0. The van der Waals surface area contributed by atoms with E-state index in [4.69, 9.17) is 5.73 Å². The van der Waals surface area contributed by atoms with Gasteiger partial charge in [0.05, 0.1) is 17.8 Å². The first kappa shape index (κ1) is 26.9. The Morgan fingerprint density at radius 1 is 0.871 bits per heavy atom. The molecule has 0 radical (unpaired) electrons. The lowest BCUT2D eigenvalue weighted by molar-refractivity contribution is -0.117. The Labute approximate surface area is 196 Å². The highest BCUT2D eigenvalue weighted by Gasteiger charge is 2.20. The van der Waals surface area contributed by atoms with Crippen molar-refractivity contribution in [2.45, 2.75) is 6.54 Å². The predicted molar refractivity (Wildman–Crippen MR) is 129 cm³/mol. The van der Waals surface area contributed by atoms with Crippen LogP contribution in [0.3, 0.4) is 0 Å². The average molecular weight is 468 g/mol. The van der Waals surface area contributed by atoms with Gasteiger partial charge in [0.1, 0.15) is 0 Å². The maximum Gasteiger partial charge on any atom is 0.253 e. The molecule has 2 aromatic carbocycles. The molecule has 3 rings (SSSR count). The summed E-state index contributed by atoms with van der Waals surface area (Å²) in [6, 6.07) is 17.4. The summed E-state index contributed by atoms with van der Waals surface area (Å²) in [6.07, 6.45) is 0. The Morgan fingerprint density at radius 2 is 1.48 bits per heavy atom. The second-order valence-electron chi connectivity index (χ2n) is 7.18. The number of carbonyl (C=O) groups excluding carboxylic acids is 2. The van der Waals surface area contributed by atoms with Gasteiger partial charge in [-0.3, -0.25) is 19.4 Å². The van der Waals surface area contributed by atoms with Crippen molar-refractivity contribution < 1.29 is 9.59 Å². The van der Waals surface area contributed by atoms with Gasteiger partial charge in [0.15, 0.2) is 0 Å². The van der Waals surface area contributed by atoms with Gasteiger partial charge in [-0.05, 0) is 17.7 Å². The lowest BCUT2D eigenvalue weighted by atomic mass is 10.1. The zero-order valence-electron chi connectivity index (χ0n) is 17.5. The van der Waals surface area contributed by atoms with E-state index in [9.17, 15) is 9.59 Å². The van der Waals surface area contributed by atoms with E-state index in [1.54, 1.807) is 24.3 Å². The molecule has 0 spiro atoms. The molecule has 1 fully saturated rings. The molecule has 0 aliphatic carbocycles. The molecule has 170 valence electrons. The first-order chi connectivity index (χ1) is 14.2. The minimum Gasteiger partial charge on any atom is -0.351 e. The van der Waals surface area contributed by atoms with Gasteiger partial charge >= 0.3 is 0 Å². The summed E-state index contributed by atoms with van der Waals surface area (Å²) in [6.45, 7) is 5.58. The highest BCUT2D eigenvalue weighted by molar-refractivity contribution is 6.04. The molecule has 31 heavy (non-hydrogen) atoms. The summed E-state index contributed by atoms with van der Waals surface area (Å²) in [5.41, 5.74) is 7.71. The molecule has 1 saturated heterocycles. The monoisotopic (exact) mass is 467 g/mol. The smallest absolute Gasteiger partial charge is 0.253 e. The Kier molecular flexibility index (Phi) is 12.1. The number of piperazine rings is 1. The van der Waals surface area contributed by atoms with Gasteiger partial charge in [-0.2, -0.15) is 0 Å². The number of carbonyl (C=O) groups is 2. The van der Waals surface area contributed by atoms with E-state index in [-0.39, 0.29) is 36.6 Å². The highest BCUT2D eigenvalue weighted by atomic mass is 35.5. The van der Waals surface area contributed by atoms with Gasteiger partial charge in [0, 0.05) is 45.8 Å². The fourth-order valence-corrected chi connectivity index (χ4v) is 3.41. The molecule has 0 bridgehead atoms. The fourth-order valence-electron chi connectivity index (χ4n) is 3.41. The fraction of sp³-hybridized carbons (Fsp3) is 0.364. The third-order valence-electron chi connectivity index (χ3n) is 4.96. The molecule has 7 nitrogen and oxygen atoms in total. The maximum atomic E-state index is 12.5. The van der Waals surface area contributed by atoms with Crippen molar-refractivity contribution in [3.63, 3.8) is 0 Å².